The van der Waals surface area contributed by atoms with E-state index in [1.54, 1.807) is 0 Å². The summed E-state index contributed by atoms with van der Waals surface area (Å²) in [5.74, 6) is -8.07. The molecule has 0 spiro atoms. The molecule has 5 rings (SSSR count). The Balaban J connectivity index is 2.04. The SMILES string of the molecule is N#CC(C#N)=C1C(c2cc(F)nc(F)c2)=C(C#N)c2c(F)c3c(c(F)c21)C(=C(C#N)C#N)C(c1cc(F)nc(C(F)(F)F)c1)=C3C#N. The fourth-order valence-electron chi connectivity index (χ4n) is 5.35. The van der Waals surface area contributed by atoms with E-state index in [1.165, 1.54) is 36.4 Å². The van der Waals surface area contributed by atoms with Crippen molar-refractivity contribution in [2.75, 3.05) is 0 Å². The van der Waals surface area contributed by atoms with Gasteiger partial charge in [-0.15, -0.1) is 0 Å². The van der Waals surface area contributed by atoms with Gasteiger partial charge in [0.15, 0.2) is 0 Å². The van der Waals surface area contributed by atoms with Crippen molar-refractivity contribution in [2.24, 2.45) is 0 Å². The molecule has 0 amide bonds. The van der Waals surface area contributed by atoms with Gasteiger partial charge in [0.05, 0.1) is 11.1 Å². The monoisotopic (exact) mass is 640 g/mol. The topological polar surface area (TPSA) is 169 Å². The maximum Gasteiger partial charge on any atom is 0.433 e. The number of aromatic nitrogens is 2. The van der Waals surface area contributed by atoms with Gasteiger partial charge in [-0.3, -0.25) is 0 Å². The maximum absolute atomic E-state index is 17.0. The Morgan fingerprint density at radius 1 is 0.532 bits per heavy atom. The van der Waals surface area contributed by atoms with E-state index < -0.39 is 119 Å². The minimum atomic E-state index is -5.27. The van der Waals surface area contributed by atoms with Crippen molar-refractivity contribution in [3.8, 4) is 36.4 Å². The van der Waals surface area contributed by atoms with Gasteiger partial charge in [0, 0.05) is 62.7 Å². The molecule has 0 unspecified atom stereocenters. The molecule has 0 fully saturated rings. The summed E-state index contributed by atoms with van der Waals surface area (Å²) in [5, 5.41) is 59.1. The van der Waals surface area contributed by atoms with Crippen molar-refractivity contribution in [1.82, 2.24) is 9.97 Å². The van der Waals surface area contributed by atoms with E-state index in [-0.39, 0.29) is 6.07 Å². The highest BCUT2D eigenvalue weighted by atomic mass is 19.4. The molecule has 0 saturated heterocycles. The number of fused-ring (bicyclic) bond motifs is 2. The van der Waals surface area contributed by atoms with Gasteiger partial charge >= 0.3 is 6.18 Å². The van der Waals surface area contributed by atoms with Crippen LogP contribution in [-0.4, -0.2) is 9.97 Å². The summed E-state index contributed by atoms with van der Waals surface area (Å²) in [5.41, 5.74) is -15.0. The maximum atomic E-state index is 17.0. The molecular weight excluding hydrogens is 636 g/mol. The fraction of sp³-hybridized carbons (Fsp3) is 0.0323. The third kappa shape index (κ3) is 4.62. The molecule has 2 aromatic heterocycles. The van der Waals surface area contributed by atoms with Gasteiger partial charge in [-0.05, 0) is 17.2 Å². The second kappa shape index (κ2) is 11.1. The van der Waals surface area contributed by atoms with Crippen LogP contribution in [0.4, 0.5) is 35.1 Å². The van der Waals surface area contributed by atoms with Crippen molar-refractivity contribution in [2.45, 2.75) is 6.18 Å². The molecule has 47 heavy (non-hydrogen) atoms. The van der Waals surface area contributed by atoms with Crippen molar-refractivity contribution in [1.29, 1.82) is 31.6 Å². The lowest BCUT2D eigenvalue weighted by molar-refractivity contribution is -0.141. The molecule has 8 nitrogen and oxygen atoms in total. The summed E-state index contributed by atoms with van der Waals surface area (Å²) in [6, 6.07) is 10.1. The van der Waals surface area contributed by atoms with E-state index in [9.17, 15) is 57.9 Å². The summed E-state index contributed by atoms with van der Waals surface area (Å²) in [4.78, 5) is 5.62. The van der Waals surface area contributed by atoms with Crippen LogP contribution in [0.5, 0.6) is 0 Å². The molecule has 2 aliphatic carbocycles. The molecule has 3 aromatic rings. The Morgan fingerprint density at radius 3 is 1.26 bits per heavy atom. The molecule has 1 aromatic carbocycles. The first kappa shape index (κ1) is 31.3. The lowest BCUT2D eigenvalue weighted by atomic mass is 9.88. The number of hydrogen-bond acceptors (Lipinski definition) is 8. The van der Waals surface area contributed by atoms with Crippen LogP contribution in [-0.2, 0) is 6.18 Å². The largest absolute Gasteiger partial charge is 0.433 e. The highest BCUT2D eigenvalue weighted by Gasteiger charge is 2.45. The Kier molecular flexibility index (Phi) is 7.39. The predicted octanol–water partition coefficient (Wildman–Crippen LogP) is 6.69. The first-order chi connectivity index (χ1) is 22.3. The van der Waals surface area contributed by atoms with E-state index in [1.807, 2.05) is 0 Å². The lowest BCUT2D eigenvalue weighted by Gasteiger charge is -2.15. The molecule has 0 aliphatic heterocycles. The number of nitriles is 6. The molecular formula is C31H4F8N8. The molecule has 0 radical (unpaired) electrons. The van der Waals surface area contributed by atoms with E-state index in [2.05, 4.69) is 9.97 Å². The van der Waals surface area contributed by atoms with Crippen LogP contribution < -0.4 is 0 Å². The second-order valence-electron chi connectivity index (χ2n) is 9.36. The number of rotatable bonds is 2. The highest BCUT2D eigenvalue weighted by molar-refractivity contribution is 6.30. The van der Waals surface area contributed by atoms with Crippen LogP contribution in [0, 0.1) is 97.5 Å². The van der Waals surface area contributed by atoms with Gasteiger partial charge in [-0.2, -0.15) is 62.9 Å². The first-order valence-electron chi connectivity index (χ1n) is 12.3. The van der Waals surface area contributed by atoms with Crippen LogP contribution >= 0.6 is 0 Å². The normalized spacial score (nSPS) is 13.1. The van der Waals surface area contributed by atoms with E-state index in [0.29, 0.717) is 18.2 Å². The Morgan fingerprint density at radius 2 is 0.894 bits per heavy atom. The number of hydrogen-bond donors (Lipinski definition) is 0. The number of pyridine rings is 2. The standard InChI is InChI=1S/C31H4F8N8/c32-18-2-11(1-17(46-18)31(37,38)39)21-15(9-44)25-27(23(21)13(5-40)6-41)30(36)28-24(14(7-42)8-43)22(16(10-45)26(28)29(25)35)12-3-19(33)47-20(34)4-12/h1-4H. The Labute approximate surface area is 256 Å². The lowest BCUT2D eigenvalue weighted by Crippen LogP contribution is -2.10. The minimum Gasteiger partial charge on any atom is -0.215 e. The molecule has 0 saturated carbocycles. The van der Waals surface area contributed by atoms with Gasteiger partial charge in [0.2, 0.25) is 17.8 Å². The number of halogens is 8. The summed E-state index contributed by atoms with van der Waals surface area (Å²) in [6.07, 6.45) is -5.27. The van der Waals surface area contributed by atoms with E-state index in [4.69, 9.17) is 0 Å². The van der Waals surface area contributed by atoms with Crippen LogP contribution in [0.2, 0.25) is 0 Å². The van der Waals surface area contributed by atoms with Gasteiger partial charge in [-0.25, -0.2) is 13.8 Å². The van der Waals surface area contributed by atoms with Crippen LogP contribution in [0.1, 0.15) is 39.1 Å². The number of allylic oxidation sites excluding steroid dienone is 8. The molecule has 2 heterocycles. The third-order valence-corrected chi connectivity index (χ3v) is 6.97. The molecule has 224 valence electrons. The summed E-state index contributed by atoms with van der Waals surface area (Å²) >= 11 is 0. The smallest absolute Gasteiger partial charge is 0.215 e. The quantitative estimate of drug-likeness (QED) is 0.170. The number of benzene rings is 1. The van der Waals surface area contributed by atoms with Crippen molar-refractivity contribution >= 4 is 33.4 Å². The zero-order chi connectivity index (χ0) is 34.5. The van der Waals surface area contributed by atoms with Crippen LogP contribution in [0.15, 0.2) is 35.4 Å². The van der Waals surface area contributed by atoms with Gasteiger partial charge in [-0.1, -0.05) is 0 Å². The highest BCUT2D eigenvalue weighted by Crippen LogP contribution is 2.57. The van der Waals surface area contributed by atoms with Crippen LogP contribution in [0.3, 0.4) is 0 Å². The van der Waals surface area contributed by atoms with Crippen LogP contribution in [0.25, 0.3) is 33.4 Å². The van der Waals surface area contributed by atoms with Gasteiger partial charge < -0.3 is 0 Å². The minimum absolute atomic E-state index is 0.206. The van der Waals surface area contributed by atoms with Crippen molar-refractivity contribution in [3.05, 3.63) is 104 Å². The first-order valence-corrected chi connectivity index (χ1v) is 12.3. The Hall–Kier alpha value is -7.14. The average Bonchev–Trinajstić information content (AvgIpc) is 3.54. The Bertz CT molecular complexity index is 2360. The second-order valence-corrected chi connectivity index (χ2v) is 9.36. The summed E-state index contributed by atoms with van der Waals surface area (Å²) < 4.78 is 117. The zero-order valence-electron chi connectivity index (χ0n) is 22.4. The predicted molar refractivity (Wildman–Crippen MR) is 141 cm³/mol. The molecule has 0 atom stereocenters. The molecule has 0 N–H and O–H groups in total. The third-order valence-electron chi connectivity index (χ3n) is 6.97. The average molecular weight is 640 g/mol. The molecule has 16 heteroatoms. The van der Waals surface area contributed by atoms with E-state index >= 15 is 8.78 Å². The summed E-state index contributed by atoms with van der Waals surface area (Å²) in [6.45, 7) is 0. The zero-order valence-corrected chi connectivity index (χ0v) is 22.4. The molecule has 0 bridgehead atoms. The van der Waals surface area contributed by atoms with Crippen molar-refractivity contribution in [3.63, 3.8) is 0 Å². The van der Waals surface area contributed by atoms with Crippen molar-refractivity contribution < 1.29 is 35.1 Å². The van der Waals surface area contributed by atoms with Gasteiger partial charge in [0.25, 0.3) is 0 Å². The number of alkyl halides is 3. The van der Waals surface area contributed by atoms with Gasteiger partial charge in [0.1, 0.15) is 64.9 Å². The summed E-state index contributed by atoms with van der Waals surface area (Å²) in [7, 11) is 0. The van der Waals surface area contributed by atoms with E-state index in [0.717, 1.165) is 0 Å². The molecule has 2 aliphatic rings. The number of nitrogens with zero attached hydrogens (tertiary/aromatic N) is 8. The fourth-order valence-corrected chi connectivity index (χ4v) is 5.35.